The highest BCUT2D eigenvalue weighted by Crippen LogP contribution is 2.20. The van der Waals surface area contributed by atoms with Gasteiger partial charge < -0.3 is 20.4 Å². The summed E-state index contributed by atoms with van der Waals surface area (Å²) >= 11 is 6.02. The molecule has 11 heteroatoms. The van der Waals surface area contributed by atoms with Gasteiger partial charge >= 0.3 is 0 Å². The summed E-state index contributed by atoms with van der Waals surface area (Å²) < 4.78 is 33.0. The van der Waals surface area contributed by atoms with Gasteiger partial charge in [0.25, 0.3) is 5.91 Å². The summed E-state index contributed by atoms with van der Waals surface area (Å²) in [5.41, 5.74) is 1.41. The number of anilines is 1. The molecule has 1 fully saturated rings. The molecule has 0 saturated carbocycles. The van der Waals surface area contributed by atoms with Gasteiger partial charge in [-0.1, -0.05) is 17.7 Å². The fraction of sp³-hybridized carbons (Fsp3) is 0.320. The number of aromatic nitrogens is 1. The molecule has 2 N–H and O–H groups in total. The van der Waals surface area contributed by atoms with Gasteiger partial charge in [0.1, 0.15) is 5.70 Å². The maximum absolute atomic E-state index is 13.1. The van der Waals surface area contributed by atoms with Crippen LogP contribution in [0, 0.1) is 17.8 Å². The Balaban J connectivity index is 1.76. The first kappa shape index (κ1) is 27.2. The number of nitrogens with one attached hydrogen (secondary N) is 2. The zero-order chi connectivity index (χ0) is 26.0. The van der Waals surface area contributed by atoms with Crippen molar-refractivity contribution in [2.24, 2.45) is 0 Å². The Morgan fingerprint density at radius 1 is 1.22 bits per heavy atom. The Morgan fingerprint density at radius 3 is 2.58 bits per heavy atom. The van der Waals surface area contributed by atoms with Gasteiger partial charge in [-0.3, -0.25) is 9.78 Å². The molecule has 2 heterocycles. The van der Waals surface area contributed by atoms with Crippen molar-refractivity contribution in [3.05, 3.63) is 70.8 Å². The van der Waals surface area contributed by atoms with Gasteiger partial charge in [-0.15, -0.1) is 12.3 Å². The number of nitrogens with zero attached hydrogens (tertiary/aromatic N) is 3. The lowest BCUT2D eigenvalue weighted by Crippen LogP contribution is -2.49. The third-order valence-corrected chi connectivity index (χ3v) is 7.53. The van der Waals surface area contributed by atoms with E-state index in [0.717, 1.165) is 6.21 Å². The van der Waals surface area contributed by atoms with Crippen LogP contribution in [0.1, 0.15) is 18.4 Å². The molecule has 0 bridgehead atoms. The van der Waals surface area contributed by atoms with Gasteiger partial charge in [-0.05, 0) is 42.3 Å². The van der Waals surface area contributed by atoms with Gasteiger partial charge in [0, 0.05) is 61.9 Å². The molecule has 0 unspecified atom stereocenters. The number of rotatable bonds is 11. The largest absolute Gasteiger partial charge is 0.486 e. The summed E-state index contributed by atoms with van der Waals surface area (Å²) in [5.74, 6) is 1.84. The fourth-order valence-electron chi connectivity index (χ4n) is 3.65. The molecule has 0 atom stereocenters. The molecule has 1 aliphatic heterocycles. The number of hydrogen-bond acceptors (Lipinski definition) is 7. The number of carbonyl (C=O) groups is 1. The van der Waals surface area contributed by atoms with Gasteiger partial charge in [0.15, 0.2) is 0 Å². The highest BCUT2D eigenvalue weighted by molar-refractivity contribution is 7.88. The number of pyridine rings is 1. The monoisotopic (exact) mass is 529 g/mol. The molecule has 0 spiro atoms. The predicted molar refractivity (Wildman–Crippen MR) is 140 cm³/mol. The molecule has 1 amide bonds. The highest BCUT2D eigenvalue weighted by atomic mass is 35.5. The Kier molecular flexibility index (Phi) is 9.87. The summed E-state index contributed by atoms with van der Waals surface area (Å²) in [6.07, 6.45) is 10.5. The molecule has 190 valence electrons. The summed E-state index contributed by atoms with van der Waals surface area (Å²) in [5, 5.41) is 11.2. The maximum Gasteiger partial charge on any atom is 0.293 e. The van der Waals surface area contributed by atoms with Crippen molar-refractivity contribution in [1.29, 1.82) is 5.41 Å². The van der Waals surface area contributed by atoms with Gasteiger partial charge in [0.2, 0.25) is 15.8 Å². The summed E-state index contributed by atoms with van der Waals surface area (Å²) in [7, 11) is -3.53. The zero-order valence-corrected chi connectivity index (χ0v) is 21.3. The van der Waals surface area contributed by atoms with E-state index in [1.54, 1.807) is 53.7 Å². The Morgan fingerprint density at radius 2 is 1.94 bits per heavy atom. The number of ether oxygens (including phenoxy) is 1. The summed E-state index contributed by atoms with van der Waals surface area (Å²) in [4.78, 5) is 18.8. The molecular weight excluding hydrogens is 502 g/mol. The molecule has 9 nitrogen and oxygen atoms in total. The van der Waals surface area contributed by atoms with Crippen molar-refractivity contribution in [2.45, 2.75) is 18.6 Å². The molecular formula is C25H28ClN5O4S. The molecule has 2 aromatic rings. The quantitative estimate of drug-likeness (QED) is 0.152. The van der Waals surface area contributed by atoms with E-state index < -0.39 is 15.9 Å². The molecule has 3 rings (SSSR count). The van der Waals surface area contributed by atoms with Crippen molar-refractivity contribution in [2.75, 3.05) is 38.1 Å². The van der Waals surface area contributed by atoms with E-state index in [4.69, 9.17) is 28.2 Å². The second-order valence-electron chi connectivity index (χ2n) is 7.98. The maximum atomic E-state index is 13.1. The molecule has 36 heavy (non-hydrogen) atoms. The Bertz CT molecular complexity index is 1240. The molecule has 1 aromatic carbocycles. The van der Waals surface area contributed by atoms with Crippen LogP contribution in [-0.4, -0.2) is 67.5 Å². The molecule has 1 aromatic heterocycles. The van der Waals surface area contributed by atoms with E-state index in [1.807, 2.05) is 0 Å². The highest BCUT2D eigenvalue weighted by Gasteiger charge is 2.30. The van der Waals surface area contributed by atoms with E-state index in [-0.39, 0.29) is 36.9 Å². The molecule has 1 saturated heterocycles. The third kappa shape index (κ3) is 7.55. The number of terminal acetylenes is 1. The topological polar surface area (TPSA) is 116 Å². The summed E-state index contributed by atoms with van der Waals surface area (Å²) in [6, 6.07) is 10.0. The average Bonchev–Trinajstić information content (AvgIpc) is 2.86. The first-order chi connectivity index (χ1) is 17.3. The van der Waals surface area contributed by atoms with Gasteiger partial charge in [-0.2, -0.15) is 4.31 Å². The summed E-state index contributed by atoms with van der Waals surface area (Å²) in [6.45, 7) is 1.21. The van der Waals surface area contributed by atoms with Crippen LogP contribution < -0.4 is 5.32 Å². The van der Waals surface area contributed by atoms with Gasteiger partial charge in [0.05, 0.1) is 12.4 Å². The van der Waals surface area contributed by atoms with Crippen LogP contribution in [-0.2, 0) is 25.3 Å². The first-order valence-electron chi connectivity index (χ1n) is 11.3. The van der Waals surface area contributed by atoms with E-state index in [9.17, 15) is 13.2 Å². The SMILES string of the molecule is C#CCCCOC(C(=O)Nc1cccc(Cl)c1)=C(C=N)N1CCN(S(=O)(=O)Cc2ccncc2)CC1. The van der Waals surface area contributed by atoms with Gasteiger partial charge in [-0.25, -0.2) is 8.42 Å². The lowest BCUT2D eigenvalue weighted by atomic mass is 10.2. The van der Waals surface area contributed by atoms with Crippen molar-refractivity contribution in [1.82, 2.24) is 14.2 Å². The van der Waals surface area contributed by atoms with Crippen molar-refractivity contribution in [3.63, 3.8) is 0 Å². The first-order valence-corrected chi connectivity index (χ1v) is 13.3. The van der Waals surface area contributed by atoms with Crippen LogP contribution in [0.4, 0.5) is 5.69 Å². The van der Waals surface area contributed by atoms with Crippen LogP contribution in [0.2, 0.25) is 5.02 Å². The predicted octanol–water partition coefficient (Wildman–Crippen LogP) is 3.11. The van der Waals surface area contributed by atoms with E-state index in [2.05, 4.69) is 16.2 Å². The molecule has 1 aliphatic rings. The number of amides is 1. The number of allylic oxidation sites excluding steroid dienone is 1. The molecule has 0 radical (unpaired) electrons. The number of halogens is 1. The lowest BCUT2D eigenvalue weighted by Gasteiger charge is -2.36. The lowest BCUT2D eigenvalue weighted by molar-refractivity contribution is -0.116. The molecule has 0 aliphatic carbocycles. The number of unbranched alkanes of at least 4 members (excludes halogenated alkanes) is 1. The minimum Gasteiger partial charge on any atom is -0.486 e. The van der Waals surface area contributed by atoms with Crippen LogP contribution in [0.25, 0.3) is 0 Å². The number of hydrogen-bond donors (Lipinski definition) is 2. The Hall–Kier alpha value is -3.39. The smallest absolute Gasteiger partial charge is 0.293 e. The van der Waals surface area contributed by atoms with E-state index in [0.29, 0.717) is 42.2 Å². The average molecular weight is 530 g/mol. The van der Waals surface area contributed by atoms with Crippen molar-refractivity contribution in [3.8, 4) is 12.3 Å². The standard InChI is InChI=1S/C25H28ClN5O4S/c1-2-3-4-16-35-24(25(32)29-22-7-5-6-21(26)17-22)23(18-27)30-12-14-31(15-13-30)36(33,34)19-20-8-10-28-11-9-20/h1,5-11,17-18,27H,3-4,12-16,19H2,(H,29,32). The minimum absolute atomic E-state index is 0.0323. The number of sulfonamides is 1. The van der Waals surface area contributed by atoms with Crippen LogP contribution >= 0.6 is 11.6 Å². The Labute approximate surface area is 216 Å². The second-order valence-corrected chi connectivity index (χ2v) is 10.4. The van der Waals surface area contributed by atoms with Crippen molar-refractivity contribution >= 4 is 39.4 Å². The third-order valence-electron chi connectivity index (χ3n) is 5.44. The number of carbonyl (C=O) groups excluding carboxylic acids is 1. The second kappa shape index (κ2) is 13.1. The van der Waals surface area contributed by atoms with E-state index >= 15 is 0 Å². The van der Waals surface area contributed by atoms with Crippen LogP contribution in [0.15, 0.2) is 60.2 Å². The van der Waals surface area contributed by atoms with Crippen LogP contribution in [0.3, 0.4) is 0 Å². The van der Waals surface area contributed by atoms with Crippen molar-refractivity contribution < 1.29 is 17.9 Å². The normalized spacial score (nSPS) is 14.9. The van der Waals surface area contributed by atoms with E-state index in [1.165, 1.54) is 4.31 Å². The van der Waals surface area contributed by atoms with Crippen LogP contribution in [0.5, 0.6) is 0 Å². The zero-order valence-electron chi connectivity index (χ0n) is 19.7. The fourth-order valence-corrected chi connectivity index (χ4v) is 5.35. The number of piperazine rings is 1. The number of benzene rings is 1. The minimum atomic E-state index is -3.53.